The highest BCUT2D eigenvalue weighted by Gasteiger charge is 2.30. The fourth-order valence-electron chi connectivity index (χ4n) is 3.51. The molecule has 2 rings (SSSR count). The van der Waals surface area contributed by atoms with Gasteiger partial charge < -0.3 is 5.11 Å². The Bertz CT molecular complexity index is 209. The standard InChI is InChI=1S/C14H27NO/c1-11(2)9-12-3-5-13(6-4-12)15-8-7-14(16)10-15/h11-14,16H,3-10H2,1-2H3/t12?,13?,14-/m1/s1. The van der Waals surface area contributed by atoms with Crippen LogP contribution in [0.5, 0.6) is 0 Å². The molecular formula is C14H27NO. The third kappa shape index (κ3) is 3.21. The van der Waals surface area contributed by atoms with E-state index < -0.39 is 0 Å². The van der Waals surface area contributed by atoms with Gasteiger partial charge >= 0.3 is 0 Å². The lowest BCUT2D eigenvalue weighted by molar-refractivity contribution is 0.126. The molecule has 0 aromatic heterocycles. The molecule has 1 aliphatic heterocycles. The van der Waals surface area contributed by atoms with Gasteiger partial charge in [-0.25, -0.2) is 0 Å². The molecule has 2 aliphatic rings. The van der Waals surface area contributed by atoms with Gasteiger partial charge in [0.2, 0.25) is 0 Å². The molecule has 0 spiro atoms. The summed E-state index contributed by atoms with van der Waals surface area (Å²) >= 11 is 0. The Kier molecular flexibility index (Phi) is 4.26. The lowest BCUT2D eigenvalue weighted by Gasteiger charge is -2.35. The summed E-state index contributed by atoms with van der Waals surface area (Å²) in [5, 5.41) is 9.56. The summed E-state index contributed by atoms with van der Waals surface area (Å²) in [5.41, 5.74) is 0. The second kappa shape index (κ2) is 5.50. The smallest absolute Gasteiger partial charge is 0.0679 e. The molecule has 1 saturated carbocycles. The van der Waals surface area contributed by atoms with Crippen molar-refractivity contribution in [2.24, 2.45) is 11.8 Å². The van der Waals surface area contributed by atoms with E-state index in [0.29, 0.717) is 0 Å². The fraction of sp³-hybridized carbons (Fsp3) is 1.00. The predicted molar refractivity (Wildman–Crippen MR) is 67.4 cm³/mol. The summed E-state index contributed by atoms with van der Waals surface area (Å²) in [6.45, 7) is 6.73. The lowest BCUT2D eigenvalue weighted by Crippen LogP contribution is -2.37. The first-order chi connectivity index (χ1) is 7.65. The highest BCUT2D eigenvalue weighted by molar-refractivity contribution is 4.85. The van der Waals surface area contributed by atoms with Crippen molar-refractivity contribution < 1.29 is 5.11 Å². The molecule has 2 nitrogen and oxygen atoms in total. The van der Waals surface area contributed by atoms with Gasteiger partial charge in [0.05, 0.1) is 6.10 Å². The van der Waals surface area contributed by atoms with Gasteiger partial charge in [-0.15, -0.1) is 0 Å². The molecule has 0 radical (unpaired) electrons. The van der Waals surface area contributed by atoms with Crippen LogP contribution in [0, 0.1) is 11.8 Å². The van der Waals surface area contributed by atoms with E-state index in [1.807, 2.05) is 0 Å². The van der Waals surface area contributed by atoms with E-state index in [1.165, 1.54) is 32.1 Å². The van der Waals surface area contributed by atoms with E-state index >= 15 is 0 Å². The molecule has 1 atom stereocenters. The van der Waals surface area contributed by atoms with Crippen LogP contribution in [0.3, 0.4) is 0 Å². The van der Waals surface area contributed by atoms with Crippen LogP contribution in [0.4, 0.5) is 0 Å². The van der Waals surface area contributed by atoms with Crippen molar-refractivity contribution in [3.8, 4) is 0 Å². The zero-order valence-electron chi connectivity index (χ0n) is 10.9. The van der Waals surface area contributed by atoms with Gasteiger partial charge in [-0.05, 0) is 50.4 Å². The van der Waals surface area contributed by atoms with E-state index in [-0.39, 0.29) is 6.10 Å². The molecule has 0 unspecified atom stereocenters. The van der Waals surface area contributed by atoms with Gasteiger partial charge in [0.15, 0.2) is 0 Å². The summed E-state index contributed by atoms with van der Waals surface area (Å²) < 4.78 is 0. The Labute approximate surface area is 100 Å². The van der Waals surface area contributed by atoms with E-state index in [9.17, 15) is 5.11 Å². The largest absolute Gasteiger partial charge is 0.392 e. The maximum Gasteiger partial charge on any atom is 0.0679 e. The summed E-state index contributed by atoms with van der Waals surface area (Å²) in [4.78, 5) is 2.52. The van der Waals surface area contributed by atoms with Crippen molar-refractivity contribution >= 4 is 0 Å². The molecule has 0 bridgehead atoms. The summed E-state index contributed by atoms with van der Waals surface area (Å²) in [7, 11) is 0. The maximum atomic E-state index is 9.56. The average Bonchev–Trinajstić information content (AvgIpc) is 2.65. The fourth-order valence-corrected chi connectivity index (χ4v) is 3.51. The molecule has 2 fully saturated rings. The third-order valence-electron chi connectivity index (χ3n) is 4.33. The molecule has 0 aromatic carbocycles. The van der Waals surface area contributed by atoms with Crippen molar-refractivity contribution in [1.29, 1.82) is 0 Å². The Morgan fingerprint density at radius 3 is 2.31 bits per heavy atom. The van der Waals surface area contributed by atoms with Crippen LogP contribution in [0.2, 0.25) is 0 Å². The lowest BCUT2D eigenvalue weighted by atomic mass is 9.81. The molecule has 1 N–H and O–H groups in total. The monoisotopic (exact) mass is 225 g/mol. The van der Waals surface area contributed by atoms with Gasteiger partial charge in [0, 0.05) is 19.1 Å². The number of nitrogens with zero attached hydrogens (tertiary/aromatic N) is 1. The molecule has 0 aromatic rings. The van der Waals surface area contributed by atoms with Crippen LogP contribution >= 0.6 is 0 Å². The van der Waals surface area contributed by atoms with Crippen LogP contribution in [0.25, 0.3) is 0 Å². The second-order valence-electron chi connectivity index (χ2n) is 6.24. The van der Waals surface area contributed by atoms with Gasteiger partial charge in [0.1, 0.15) is 0 Å². The number of hydrogen-bond donors (Lipinski definition) is 1. The number of hydrogen-bond acceptors (Lipinski definition) is 2. The van der Waals surface area contributed by atoms with Gasteiger partial charge in [-0.3, -0.25) is 4.90 Å². The summed E-state index contributed by atoms with van der Waals surface area (Å²) in [6, 6.07) is 0.778. The molecule has 2 heteroatoms. The minimum Gasteiger partial charge on any atom is -0.392 e. The highest BCUT2D eigenvalue weighted by Crippen LogP contribution is 2.32. The first-order valence-corrected chi connectivity index (χ1v) is 7.07. The number of aliphatic hydroxyl groups excluding tert-OH is 1. The van der Waals surface area contributed by atoms with Crippen molar-refractivity contribution in [3.63, 3.8) is 0 Å². The predicted octanol–water partition coefficient (Wildman–Crippen LogP) is 2.66. The van der Waals surface area contributed by atoms with Crippen LogP contribution in [-0.4, -0.2) is 35.2 Å². The molecule has 1 aliphatic carbocycles. The zero-order valence-corrected chi connectivity index (χ0v) is 10.9. The SMILES string of the molecule is CC(C)CC1CCC(N2CC[C@@H](O)C2)CC1. The number of likely N-dealkylation sites (tertiary alicyclic amines) is 1. The molecule has 94 valence electrons. The topological polar surface area (TPSA) is 23.5 Å². The van der Waals surface area contributed by atoms with Gasteiger partial charge in [-0.2, -0.15) is 0 Å². The minimum absolute atomic E-state index is 0.0478. The maximum absolute atomic E-state index is 9.56. The van der Waals surface area contributed by atoms with Crippen molar-refractivity contribution in [1.82, 2.24) is 4.90 Å². The minimum atomic E-state index is -0.0478. The van der Waals surface area contributed by atoms with Gasteiger partial charge in [-0.1, -0.05) is 13.8 Å². The van der Waals surface area contributed by atoms with Crippen LogP contribution in [-0.2, 0) is 0 Å². The zero-order chi connectivity index (χ0) is 11.5. The highest BCUT2D eigenvalue weighted by atomic mass is 16.3. The summed E-state index contributed by atoms with van der Waals surface area (Å²) in [5.74, 6) is 1.83. The Morgan fingerprint density at radius 1 is 1.12 bits per heavy atom. The van der Waals surface area contributed by atoms with Crippen LogP contribution < -0.4 is 0 Å². The number of aliphatic hydroxyl groups is 1. The van der Waals surface area contributed by atoms with Crippen LogP contribution in [0.1, 0.15) is 52.4 Å². The van der Waals surface area contributed by atoms with Crippen LogP contribution in [0.15, 0.2) is 0 Å². The van der Waals surface area contributed by atoms with Crippen molar-refractivity contribution in [3.05, 3.63) is 0 Å². The molecular weight excluding hydrogens is 198 g/mol. The van der Waals surface area contributed by atoms with E-state index in [4.69, 9.17) is 0 Å². The van der Waals surface area contributed by atoms with E-state index in [1.54, 1.807) is 0 Å². The third-order valence-corrected chi connectivity index (χ3v) is 4.33. The second-order valence-corrected chi connectivity index (χ2v) is 6.24. The number of β-amino-alcohol motifs (C(OH)–C–C–N with tert-alkyl or cyclic N) is 1. The molecule has 1 heterocycles. The first-order valence-electron chi connectivity index (χ1n) is 7.07. The van der Waals surface area contributed by atoms with E-state index in [2.05, 4.69) is 18.7 Å². The Balaban J connectivity index is 1.72. The Morgan fingerprint density at radius 2 is 1.81 bits per heavy atom. The molecule has 0 amide bonds. The van der Waals surface area contributed by atoms with Crippen molar-refractivity contribution in [2.45, 2.75) is 64.5 Å². The van der Waals surface area contributed by atoms with Crippen molar-refractivity contribution in [2.75, 3.05) is 13.1 Å². The van der Waals surface area contributed by atoms with E-state index in [0.717, 1.165) is 37.4 Å². The van der Waals surface area contributed by atoms with Gasteiger partial charge in [0.25, 0.3) is 0 Å². The quantitative estimate of drug-likeness (QED) is 0.798. The molecule has 16 heavy (non-hydrogen) atoms. The normalized spacial score (nSPS) is 37.1. The Hall–Kier alpha value is -0.0800. The number of rotatable bonds is 3. The first kappa shape index (κ1) is 12.4. The molecule has 1 saturated heterocycles. The average molecular weight is 225 g/mol. The summed E-state index contributed by atoms with van der Waals surface area (Å²) in [6.07, 6.45) is 7.91.